The SMILES string of the molecule is C[C@@H]1CC(=O)C[C@H](N2CCC(c3c(F)ccc(Cl)c3F)=CC2=O)c2cc(ccn2)-c2ccc(NC(=O)O)cc2NC1=O. The van der Waals surface area contributed by atoms with Crippen LogP contribution in [0.15, 0.2) is 54.7 Å². The van der Waals surface area contributed by atoms with Crippen molar-refractivity contribution >= 4 is 52.2 Å². The fourth-order valence-electron chi connectivity index (χ4n) is 5.25. The molecule has 12 heteroatoms. The summed E-state index contributed by atoms with van der Waals surface area (Å²) in [4.78, 5) is 56.7. The average molecular weight is 595 g/mol. The van der Waals surface area contributed by atoms with E-state index in [1.807, 2.05) is 0 Å². The zero-order valence-electron chi connectivity index (χ0n) is 22.3. The molecule has 0 saturated carbocycles. The number of hydrogen-bond donors (Lipinski definition) is 3. The van der Waals surface area contributed by atoms with Crippen LogP contribution in [0, 0.1) is 17.6 Å². The molecule has 0 saturated heterocycles. The van der Waals surface area contributed by atoms with E-state index in [4.69, 9.17) is 16.7 Å². The van der Waals surface area contributed by atoms with Crippen molar-refractivity contribution in [2.24, 2.45) is 5.92 Å². The number of benzene rings is 2. The van der Waals surface area contributed by atoms with Gasteiger partial charge in [-0.05, 0) is 54.0 Å². The number of aromatic nitrogens is 1. The lowest BCUT2D eigenvalue weighted by atomic mass is 9.92. The number of anilines is 2. The zero-order valence-corrected chi connectivity index (χ0v) is 23.0. The molecule has 0 unspecified atom stereocenters. The van der Waals surface area contributed by atoms with Gasteiger partial charge >= 0.3 is 6.09 Å². The molecule has 1 aromatic heterocycles. The first-order valence-electron chi connectivity index (χ1n) is 13.1. The molecule has 216 valence electrons. The van der Waals surface area contributed by atoms with Crippen molar-refractivity contribution in [1.29, 1.82) is 0 Å². The predicted molar refractivity (Wildman–Crippen MR) is 152 cm³/mol. The maximum absolute atomic E-state index is 14.7. The van der Waals surface area contributed by atoms with Crippen LogP contribution in [-0.2, 0) is 14.4 Å². The van der Waals surface area contributed by atoms with Gasteiger partial charge in [0.1, 0.15) is 11.6 Å². The minimum atomic E-state index is -1.27. The molecule has 0 fully saturated rings. The third-order valence-corrected chi connectivity index (χ3v) is 7.60. The fourth-order valence-corrected chi connectivity index (χ4v) is 5.40. The largest absolute Gasteiger partial charge is 0.465 e. The van der Waals surface area contributed by atoms with Crippen LogP contribution in [0.3, 0.4) is 0 Å². The van der Waals surface area contributed by atoms with E-state index in [-0.39, 0.29) is 53.4 Å². The second-order valence-electron chi connectivity index (χ2n) is 10.2. The second kappa shape index (κ2) is 11.7. The summed E-state index contributed by atoms with van der Waals surface area (Å²) in [5, 5.41) is 13.9. The van der Waals surface area contributed by atoms with Gasteiger partial charge in [-0.15, -0.1) is 0 Å². The molecule has 3 amide bonds. The van der Waals surface area contributed by atoms with Gasteiger partial charge in [-0.1, -0.05) is 24.6 Å². The van der Waals surface area contributed by atoms with Gasteiger partial charge < -0.3 is 15.3 Å². The Balaban J connectivity index is 1.56. The number of amides is 3. The van der Waals surface area contributed by atoms with Crippen LogP contribution in [0.1, 0.15) is 43.5 Å². The summed E-state index contributed by atoms with van der Waals surface area (Å²) in [6, 6.07) is 9.38. The Labute approximate surface area is 244 Å². The first-order chi connectivity index (χ1) is 20.0. The molecule has 0 aliphatic carbocycles. The molecule has 42 heavy (non-hydrogen) atoms. The topological polar surface area (TPSA) is 129 Å². The highest BCUT2D eigenvalue weighted by molar-refractivity contribution is 6.31. The third kappa shape index (κ3) is 5.87. The van der Waals surface area contributed by atoms with E-state index in [0.717, 1.165) is 18.2 Å². The summed E-state index contributed by atoms with van der Waals surface area (Å²) >= 11 is 5.85. The van der Waals surface area contributed by atoms with E-state index in [0.29, 0.717) is 22.5 Å². The fraction of sp³-hybridized carbons (Fsp3) is 0.233. The maximum atomic E-state index is 14.7. The van der Waals surface area contributed by atoms with Gasteiger partial charge in [-0.25, -0.2) is 13.6 Å². The number of carbonyl (C=O) groups is 4. The van der Waals surface area contributed by atoms with Crippen LogP contribution < -0.4 is 10.6 Å². The molecule has 3 N–H and O–H groups in total. The van der Waals surface area contributed by atoms with Crippen LogP contribution in [0.25, 0.3) is 16.7 Å². The monoisotopic (exact) mass is 594 g/mol. The van der Waals surface area contributed by atoms with E-state index < -0.39 is 41.5 Å². The molecule has 2 aliphatic rings. The Morgan fingerprint density at radius 1 is 1.12 bits per heavy atom. The smallest absolute Gasteiger partial charge is 0.409 e. The zero-order chi connectivity index (χ0) is 30.1. The van der Waals surface area contributed by atoms with Gasteiger partial charge in [0, 0.05) is 48.8 Å². The van der Waals surface area contributed by atoms with Gasteiger partial charge in [0.15, 0.2) is 5.82 Å². The predicted octanol–water partition coefficient (Wildman–Crippen LogP) is 6.06. The summed E-state index contributed by atoms with van der Waals surface area (Å²) in [5.41, 5.74) is 1.93. The first-order valence-corrected chi connectivity index (χ1v) is 13.5. The summed E-state index contributed by atoms with van der Waals surface area (Å²) in [7, 11) is 0. The third-order valence-electron chi connectivity index (χ3n) is 7.31. The Hall–Kier alpha value is -4.64. The van der Waals surface area contributed by atoms with Gasteiger partial charge in [0.25, 0.3) is 0 Å². The standard InChI is InChI=1S/C30H25ClF2N4O5/c1-15-10-19(38)14-25(37-9-7-17(12-26(37)39)27-22(32)5-4-21(31)28(27)33)24-11-16(6-8-34-24)20-3-2-18(35-30(41)42)13-23(20)36-29(15)40/h2-6,8,11-13,15,25,35H,7,9-10,14H2,1H3,(H,36,40)(H,41,42)/t15-,25+/m1/s1. The molecule has 0 radical (unpaired) electrons. The minimum Gasteiger partial charge on any atom is -0.465 e. The number of carboxylic acid groups (broad SMARTS) is 1. The molecule has 3 aromatic rings. The van der Waals surface area contributed by atoms with Crippen molar-refractivity contribution < 1.29 is 33.1 Å². The van der Waals surface area contributed by atoms with Crippen LogP contribution in [0.5, 0.6) is 0 Å². The van der Waals surface area contributed by atoms with E-state index in [2.05, 4.69) is 15.6 Å². The van der Waals surface area contributed by atoms with Crippen LogP contribution in [0.4, 0.5) is 25.0 Å². The summed E-state index contributed by atoms with van der Waals surface area (Å²) in [6.07, 6.45) is 1.24. The van der Waals surface area contributed by atoms with Crippen molar-refractivity contribution in [1.82, 2.24) is 9.88 Å². The first kappa shape index (κ1) is 28.9. The second-order valence-corrected chi connectivity index (χ2v) is 10.6. The number of rotatable bonds is 3. The van der Waals surface area contributed by atoms with Gasteiger partial charge in [0.05, 0.1) is 28.0 Å². The van der Waals surface area contributed by atoms with Crippen molar-refractivity contribution in [3.8, 4) is 11.1 Å². The number of nitrogens with zero attached hydrogens (tertiary/aromatic N) is 2. The highest BCUT2D eigenvalue weighted by Gasteiger charge is 2.33. The lowest BCUT2D eigenvalue weighted by Crippen LogP contribution is -2.39. The van der Waals surface area contributed by atoms with E-state index in [1.165, 1.54) is 17.2 Å². The number of nitrogens with one attached hydrogen (secondary N) is 2. The van der Waals surface area contributed by atoms with Crippen LogP contribution >= 0.6 is 11.6 Å². The molecular formula is C30H25ClF2N4O5. The Morgan fingerprint density at radius 2 is 1.90 bits per heavy atom. The average Bonchev–Trinajstić information content (AvgIpc) is 2.94. The van der Waals surface area contributed by atoms with Crippen molar-refractivity contribution in [3.63, 3.8) is 0 Å². The molecule has 2 bridgehead atoms. The molecule has 0 spiro atoms. The number of ketones is 1. The number of Topliss-reactive ketones (excluding diaryl/α,β-unsaturated/α-hetero) is 1. The lowest BCUT2D eigenvalue weighted by molar-refractivity contribution is -0.131. The van der Waals surface area contributed by atoms with E-state index in [1.54, 1.807) is 31.2 Å². The molecule has 9 nitrogen and oxygen atoms in total. The number of halogens is 3. The van der Waals surface area contributed by atoms with E-state index >= 15 is 0 Å². The van der Waals surface area contributed by atoms with Gasteiger partial charge in [0.2, 0.25) is 11.8 Å². The molecule has 2 aliphatic heterocycles. The van der Waals surface area contributed by atoms with Crippen molar-refractivity contribution in [2.75, 3.05) is 17.2 Å². The normalized spacial score (nSPS) is 19.2. The maximum Gasteiger partial charge on any atom is 0.409 e. The summed E-state index contributed by atoms with van der Waals surface area (Å²) < 4.78 is 29.2. The quantitative estimate of drug-likeness (QED) is 0.316. The number of hydrogen-bond acceptors (Lipinski definition) is 5. The minimum absolute atomic E-state index is 0.0523. The number of pyridine rings is 1. The Bertz CT molecular complexity index is 1660. The number of carbonyl (C=O) groups excluding carboxylic acids is 3. The Morgan fingerprint density at radius 3 is 2.64 bits per heavy atom. The van der Waals surface area contributed by atoms with Gasteiger partial charge in [-0.3, -0.25) is 24.7 Å². The molecule has 2 atom stereocenters. The van der Waals surface area contributed by atoms with Crippen LogP contribution in [-0.4, -0.2) is 45.2 Å². The summed E-state index contributed by atoms with van der Waals surface area (Å²) in [5.74, 6) is -3.80. The van der Waals surface area contributed by atoms with E-state index in [9.17, 15) is 28.0 Å². The Kier molecular flexibility index (Phi) is 8.04. The molecule has 5 rings (SSSR count). The van der Waals surface area contributed by atoms with Crippen molar-refractivity contribution in [3.05, 3.63) is 82.7 Å². The molecular weight excluding hydrogens is 570 g/mol. The highest BCUT2D eigenvalue weighted by atomic mass is 35.5. The lowest BCUT2D eigenvalue weighted by Gasteiger charge is -2.34. The van der Waals surface area contributed by atoms with Crippen LogP contribution in [0.2, 0.25) is 5.02 Å². The molecule has 3 heterocycles. The number of fused-ring (bicyclic) bond motifs is 4. The summed E-state index contributed by atoms with van der Waals surface area (Å²) in [6.45, 7) is 1.65. The van der Waals surface area contributed by atoms with Gasteiger partial charge in [-0.2, -0.15) is 0 Å². The van der Waals surface area contributed by atoms with Crippen molar-refractivity contribution in [2.45, 2.75) is 32.2 Å². The molecule has 2 aromatic carbocycles. The highest BCUT2D eigenvalue weighted by Crippen LogP contribution is 2.37.